The Morgan fingerprint density at radius 3 is 2.63 bits per heavy atom. The fourth-order valence-corrected chi connectivity index (χ4v) is 3.87. The number of hydrogen-bond acceptors (Lipinski definition) is 8. The van der Waals surface area contributed by atoms with Crippen LogP contribution in [0.1, 0.15) is 30.3 Å². The maximum atomic E-state index is 13.4. The molecular weight excluding hydrogens is 505 g/mol. The number of hydrogen-bond donors (Lipinski definition) is 3. The van der Waals surface area contributed by atoms with Crippen LogP contribution in [0.2, 0.25) is 0 Å². The van der Waals surface area contributed by atoms with Gasteiger partial charge in [-0.05, 0) is 49.4 Å². The molecule has 1 amide bonds. The molecule has 0 spiro atoms. The van der Waals surface area contributed by atoms with Crippen LogP contribution in [0.15, 0.2) is 41.1 Å². The van der Waals surface area contributed by atoms with Gasteiger partial charge >= 0.3 is 7.82 Å². The largest absolute Gasteiger partial charge is 0.469 e. The van der Waals surface area contributed by atoms with Gasteiger partial charge in [0.2, 0.25) is 11.5 Å². The molecule has 0 radical (unpaired) electrons. The Morgan fingerprint density at radius 2 is 2.03 bits per heavy atom. The monoisotopic (exact) mass is 528 g/mol. The quantitative estimate of drug-likeness (QED) is 0.225. The molecule has 35 heavy (non-hydrogen) atoms. The minimum atomic E-state index is -4.76. The standard InChI is InChI=1S/C21H23F2N4O6PS/c1-13(27(12-28)11-16-10-25-14(2)26-21(16)24)19(7-8-33-34(30,31)32)35-20(29)6-4-15-3-5-17(22)18(23)9-15/h3-6,9-10,12H,7-8,11H2,1-2H3,(H2,24,25,26)(H2,30,31,32)/b6-4+,19-13-. The number of nitrogen functional groups attached to an aromatic ring is 1. The molecule has 4 N–H and O–H groups in total. The lowest BCUT2D eigenvalue weighted by molar-refractivity contribution is -0.117. The number of halogens is 2. The second-order valence-corrected chi connectivity index (χ2v) is 9.41. The molecule has 0 bridgehead atoms. The van der Waals surface area contributed by atoms with Crippen LogP contribution in [-0.2, 0) is 25.2 Å². The zero-order valence-corrected chi connectivity index (χ0v) is 20.4. The molecule has 10 nitrogen and oxygen atoms in total. The third-order valence-corrected chi connectivity index (χ3v) is 6.09. The Morgan fingerprint density at radius 1 is 1.31 bits per heavy atom. The van der Waals surface area contributed by atoms with Gasteiger partial charge in [-0.3, -0.25) is 14.1 Å². The van der Waals surface area contributed by atoms with E-state index >= 15 is 0 Å². The van der Waals surface area contributed by atoms with Crippen molar-refractivity contribution in [2.75, 3.05) is 12.3 Å². The number of amides is 1. The third-order valence-electron chi connectivity index (χ3n) is 4.49. The van der Waals surface area contributed by atoms with Gasteiger partial charge in [0.1, 0.15) is 11.6 Å². The average Bonchev–Trinajstić information content (AvgIpc) is 2.77. The number of benzene rings is 1. The lowest BCUT2D eigenvalue weighted by Gasteiger charge is -2.22. The lowest BCUT2D eigenvalue weighted by Crippen LogP contribution is -2.22. The summed E-state index contributed by atoms with van der Waals surface area (Å²) in [5.74, 6) is -1.48. The molecule has 2 rings (SSSR count). The number of nitrogens with zero attached hydrogens (tertiary/aromatic N) is 3. The molecule has 0 saturated heterocycles. The van der Waals surface area contributed by atoms with Crippen molar-refractivity contribution in [2.24, 2.45) is 0 Å². The first kappa shape index (κ1) is 28.3. The summed E-state index contributed by atoms with van der Waals surface area (Å²) < 4.78 is 42.0. The summed E-state index contributed by atoms with van der Waals surface area (Å²) in [6.45, 7) is 2.72. The summed E-state index contributed by atoms with van der Waals surface area (Å²) in [5.41, 5.74) is 6.88. The average molecular weight is 528 g/mol. The summed E-state index contributed by atoms with van der Waals surface area (Å²) in [6.07, 6.45) is 4.24. The van der Waals surface area contributed by atoms with Crippen molar-refractivity contribution in [2.45, 2.75) is 26.8 Å². The van der Waals surface area contributed by atoms with Crippen molar-refractivity contribution in [3.8, 4) is 0 Å². The van der Waals surface area contributed by atoms with E-state index in [9.17, 15) is 22.9 Å². The molecule has 0 fully saturated rings. The summed E-state index contributed by atoms with van der Waals surface area (Å²) in [5, 5.41) is -0.538. The highest BCUT2D eigenvalue weighted by Crippen LogP contribution is 2.37. The zero-order chi connectivity index (χ0) is 26.2. The first-order chi connectivity index (χ1) is 16.4. The number of aryl methyl sites for hydroxylation is 1. The molecular formula is C21H23F2N4O6PS. The lowest BCUT2D eigenvalue weighted by atomic mass is 10.2. The minimum Gasteiger partial charge on any atom is -0.383 e. The molecule has 1 heterocycles. The Labute approximate surface area is 204 Å². The fourth-order valence-electron chi connectivity index (χ4n) is 2.71. The number of carbonyl (C=O) groups excluding carboxylic acids is 2. The second kappa shape index (κ2) is 12.7. The van der Waals surface area contributed by atoms with Gasteiger partial charge in [-0.1, -0.05) is 12.1 Å². The molecule has 188 valence electrons. The van der Waals surface area contributed by atoms with E-state index < -0.39 is 31.2 Å². The molecule has 0 saturated carbocycles. The van der Waals surface area contributed by atoms with Crippen molar-refractivity contribution in [1.82, 2.24) is 14.9 Å². The van der Waals surface area contributed by atoms with Crippen LogP contribution in [0.4, 0.5) is 14.6 Å². The van der Waals surface area contributed by atoms with Gasteiger partial charge < -0.3 is 20.4 Å². The van der Waals surface area contributed by atoms with E-state index in [0.717, 1.165) is 18.2 Å². The normalized spacial score (nSPS) is 12.5. The van der Waals surface area contributed by atoms with E-state index in [2.05, 4.69) is 14.5 Å². The van der Waals surface area contributed by atoms with Gasteiger partial charge in [-0.25, -0.2) is 23.3 Å². The number of allylic oxidation sites excluding steroid dienone is 1. The number of phosphoric ester groups is 1. The number of thioether (sulfide) groups is 1. The number of phosphoric acid groups is 1. The van der Waals surface area contributed by atoms with Crippen LogP contribution in [0.5, 0.6) is 0 Å². The first-order valence-electron chi connectivity index (χ1n) is 9.94. The molecule has 0 aliphatic rings. The third kappa shape index (κ3) is 9.30. The van der Waals surface area contributed by atoms with Gasteiger partial charge in [0.05, 0.1) is 13.2 Å². The highest BCUT2D eigenvalue weighted by molar-refractivity contribution is 8.17. The van der Waals surface area contributed by atoms with Crippen LogP contribution < -0.4 is 5.73 Å². The van der Waals surface area contributed by atoms with E-state index in [1.54, 1.807) is 6.92 Å². The van der Waals surface area contributed by atoms with Crippen LogP contribution in [0, 0.1) is 18.6 Å². The van der Waals surface area contributed by atoms with Crippen molar-refractivity contribution in [3.05, 3.63) is 69.7 Å². The van der Waals surface area contributed by atoms with Gasteiger partial charge in [0.25, 0.3) is 0 Å². The molecule has 0 atom stereocenters. The molecule has 0 aliphatic carbocycles. The van der Waals surface area contributed by atoms with Crippen molar-refractivity contribution in [3.63, 3.8) is 0 Å². The number of nitrogens with two attached hydrogens (primary N) is 1. The van der Waals surface area contributed by atoms with Crippen LogP contribution in [-0.4, -0.2) is 42.8 Å². The molecule has 14 heteroatoms. The van der Waals surface area contributed by atoms with E-state index in [1.165, 1.54) is 30.2 Å². The topological polar surface area (TPSA) is 156 Å². The van der Waals surface area contributed by atoms with E-state index in [1.807, 2.05) is 0 Å². The Hall–Kier alpha value is -2.96. The van der Waals surface area contributed by atoms with Crippen molar-refractivity contribution >= 4 is 43.0 Å². The fraction of sp³-hybridized carbons (Fsp3) is 0.238. The van der Waals surface area contributed by atoms with Crippen LogP contribution >= 0.6 is 19.6 Å². The SMILES string of the molecule is C/C(=C(\CCOP(=O)(O)O)SC(=O)/C=C/c1ccc(F)c(F)c1)N(C=O)Cc1cnc(C)nc1N. The van der Waals surface area contributed by atoms with E-state index in [4.69, 9.17) is 15.5 Å². The maximum absolute atomic E-state index is 13.4. The molecule has 1 aromatic carbocycles. The minimum absolute atomic E-state index is 0.0241. The molecule has 0 aliphatic heterocycles. The highest BCUT2D eigenvalue weighted by Gasteiger charge is 2.19. The number of anilines is 1. The predicted octanol–water partition coefficient (Wildman–Crippen LogP) is 3.31. The Bertz CT molecular complexity index is 1200. The Kier molecular flexibility index (Phi) is 10.2. The van der Waals surface area contributed by atoms with E-state index in [-0.39, 0.29) is 29.3 Å². The van der Waals surface area contributed by atoms with E-state index in [0.29, 0.717) is 35.3 Å². The first-order valence-corrected chi connectivity index (χ1v) is 12.3. The Balaban J connectivity index is 2.27. The van der Waals surface area contributed by atoms with Crippen LogP contribution in [0.3, 0.4) is 0 Å². The highest BCUT2D eigenvalue weighted by atomic mass is 32.2. The van der Waals surface area contributed by atoms with Gasteiger partial charge in [-0.2, -0.15) is 0 Å². The summed E-state index contributed by atoms with van der Waals surface area (Å²) in [6, 6.07) is 3.12. The molecule has 1 aromatic heterocycles. The molecule has 2 aromatic rings. The van der Waals surface area contributed by atoms with Crippen molar-refractivity contribution in [1.29, 1.82) is 0 Å². The van der Waals surface area contributed by atoms with Gasteiger partial charge in [0, 0.05) is 28.8 Å². The van der Waals surface area contributed by atoms with Gasteiger partial charge in [-0.15, -0.1) is 0 Å². The second-order valence-electron chi connectivity index (χ2n) is 7.07. The number of aromatic nitrogens is 2. The molecule has 0 unspecified atom stereocenters. The van der Waals surface area contributed by atoms with Gasteiger partial charge in [0.15, 0.2) is 11.6 Å². The smallest absolute Gasteiger partial charge is 0.383 e. The van der Waals surface area contributed by atoms with Crippen LogP contribution in [0.25, 0.3) is 6.08 Å². The number of carbonyl (C=O) groups is 2. The zero-order valence-electron chi connectivity index (χ0n) is 18.7. The predicted molar refractivity (Wildman–Crippen MR) is 126 cm³/mol. The maximum Gasteiger partial charge on any atom is 0.469 e. The summed E-state index contributed by atoms with van der Waals surface area (Å²) in [4.78, 5) is 51.8. The summed E-state index contributed by atoms with van der Waals surface area (Å²) >= 11 is 0.681. The van der Waals surface area contributed by atoms with Crippen molar-refractivity contribution < 1.29 is 37.2 Å². The summed E-state index contributed by atoms with van der Waals surface area (Å²) in [7, 11) is -4.76. The number of rotatable bonds is 11.